The van der Waals surface area contributed by atoms with Gasteiger partial charge in [-0.15, -0.1) is 0 Å². The number of ether oxygens (including phenoxy) is 1. The van der Waals surface area contributed by atoms with Crippen molar-refractivity contribution < 1.29 is 13.9 Å². The standard InChI is InChI=1S/C17H16BrFO2/c1-11(2)12-3-5-13(6-4-12)16(20)10-21-17-8-7-14(19)9-15(17)18/h3-9,11H,10H2,1-2H3. The zero-order chi connectivity index (χ0) is 15.4. The molecule has 0 atom stereocenters. The maximum Gasteiger partial charge on any atom is 0.200 e. The molecule has 0 heterocycles. The predicted octanol–water partition coefficient (Wildman–Crippen LogP) is 4.97. The first-order valence-corrected chi connectivity index (χ1v) is 7.47. The quantitative estimate of drug-likeness (QED) is 0.711. The molecule has 0 amide bonds. The van der Waals surface area contributed by atoms with E-state index in [2.05, 4.69) is 29.8 Å². The molecule has 2 nitrogen and oxygen atoms in total. The summed E-state index contributed by atoms with van der Waals surface area (Å²) >= 11 is 3.20. The van der Waals surface area contributed by atoms with Crippen molar-refractivity contribution in [2.75, 3.05) is 6.61 Å². The minimum absolute atomic E-state index is 0.0781. The van der Waals surface area contributed by atoms with Crippen LogP contribution in [-0.2, 0) is 0 Å². The fourth-order valence-corrected chi connectivity index (χ4v) is 2.34. The topological polar surface area (TPSA) is 26.3 Å². The molecule has 0 aliphatic carbocycles. The molecule has 2 aromatic carbocycles. The summed E-state index contributed by atoms with van der Waals surface area (Å²) in [6.45, 7) is 4.13. The Morgan fingerprint density at radius 1 is 1.19 bits per heavy atom. The number of Topliss-reactive ketones (excluding diaryl/α,β-unsaturated/α-hetero) is 1. The van der Waals surface area contributed by atoms with E-state index < -0.39 is 0 Å². The molecule has 0 saturated carbocycles. The number of hydrogen-bond acceptors (Lipinski definition) is 2. The van der Waals surface area contributed by atoms with Crippen molar-refractivity contribution in [2.24, 2.45) is 0 Å². The van der Waals surface area contributed by atoms with Crippen molar-refractivity contribution in [3.63, 3.8) is 0 Å². The van der Waals surface area contributed by atoms with Crippen molar-refractivity contribution in [3.8, 4) is 5.75 Å². The van der Waals surface area contributed by atoms with Gasteiger partial charge >= 0.3 is 0 Å². The molecule has 0 fully saturated rings. The lowest BCUT2D eigenvalue weighted by Gasteiger charge is -2.09. The summed E-state index contributed by atoms with van der Waals surface area (Å²) in [7, 11) is 0. The SMILES string of the molecule is CC(C)c1ccc(C(=O)COc2ccc(F)cc2Br)cc1. The fraction of sp³-hybridized carbons (Fsp3) is 0.235. The maximum absolute atomic E-state index is 13.0. The summed E-state index contributed by atoms with van der Waals surface area (Å²) in [6.07, 6.45) is 0. The molecule has 0 aliphatic heterocycles. The highest BCUT2D eigenvalue weighted by molar-refractivity contribution is 9.10. The van der Waals surface area contributed by atoms with E-state index in [9.17, 15) is 9.18 Å². The first-order chi connectivity index (χ1) is 9.97. The summed E-state index contributed by atoms with van der Waals surface area (Å²) in [5.41, 5.74) is 1.80. The molecule has 0 radical (unpaired) electrons. The number of halogens is 2. The molecule has 110 valence electrons. The summed E-state index contributed by atoms with van der Waals surface area (Å²) in [4.78, 5) is 12.1. The minimum Gasteiger partial charge on any atom is -0.484 e. The molecule has 0 unspecified atom stereocenters. The third-order valence-electron chi connectivity index (χ3n) is 3.15. The van der Waals surface area contributed by atoms with Gasteiger partial charge in [0.2, 0.25) is 0 Å². The average molecular weight is 351 g/mol. The fourth-order valence-electron chi connectivity index (χ4n) is 1.87. The van der Waals surface area contributed by atoms with Crippen LogP contribution in [0.15, 0.2) is 46.9 Å². The van der Waals surface area contributed by atoms with E-state index in [0.29, 0.717) is 21.7 Å². The second-order valence-corrected chi connectivity index (χ2v) is 5.92. The smallest absolute Gasteiger partial charge is 0.200 e. The van der Waals surface area contributed by atoms with E-state index in [1.165, 1.54) is 23.8 Å². The van der Waals surface area contributed by atoms with Crippen LogP contribution in [0.2, 0.25) is 0 Å². The van der Waals surface area contributed by atoms with Crippen molar-refractivity contribution in [1.82, 2.24) is 0 Å². The third-order valence-corrected chi connectivity index (χ3v) is 3.77. The van der Waals surface area contributed by atoms with E-state index in [-0.39, 0.29) is 18.2 Å². The molecule has 2 aromatic rings. The Kier molecular flexibility index (Phi) is 5.12. The van der Waals surface area contributed by atoms with Gasteiger partial charge < -0.3 is 4.74 Å². The Hall–Kier alpha value is -1.68. The number of ketones is 1. The number of hydrogen-bond donors (Lipinski definition) is 0. The molecule has 0 aliphatic rings. The van der Waals surface area contributed by atoms with E-state index in [1.807, 2.05) is 12.1 Å². The molecule has 0 N–H and O–H groups in total. The van der Waals surface area contributed by atoms with E-state index >= 15 is 0 Å². The Morgan fingerprint density at radius 2 is 1.86 bits per heavy atom. The van der Waals surface area contributed by atoms with Gasteiger partial charge in [0.15, 0.2) is 12.4 Å². The lowest BCUT2D eigenvalue weighted by Crippen LogP contribution is -2.12. The molecule has 21 heavy (non-hydrogen) atoms. The molecule has 0 aromatic heterocycles. The Labute approximate surface area is 132 Å². The normalized spacial score (nSPS) is 10.7. The van der Waals surface area contributed by atoms with Gasteiger partial charge in [0.25, 0.3) is 0 Å². The van der Waals surface area contributed by atoms with Crippen LogP contribution in [0, 0.1) is 5.82 Å². The lowest BCUT2D eigenvalue weighted by molar-refractivity contribution is 0.0921. The largest absolute Gasteiger partial charge is 0.484 e. The van der Waals surface area contributed by atoms with Gasteiger partial charge in [-0.2, -0.15) is 0 Å². The zero-order valence-electron chi connectivity index (χ0n) is 11.9. The van der Waals surface area contributed by atoms with Crippen LogP contribution in [-0.4, -0.2) is 12.4 Å². The first kappa shape index (κ1) is 15.7. The first-order valence-electron chi connectivity index (χ1n) is 6.68. The Bertz CT molecular complexity index is 636. The van der Waals surface area contributed by atoms with Crippen LogP contribution in [0.3, 0.4) is 0 Å². The number of benzene rings is 2. The highest BCUT2D eigenvalue weighted by Gasteiger charge is 2.09. The van der Waals surface area contributed by atoms with Crippen LogP contribution in [0.1, 0.15) is 35.7 Å². The van der Waals surface area contributed by atoms with Crippen molar-refractivity contribution >= 4 is 21.7 Å². The van der Waals surface area contributed by atoms with E-state index in [4.69, 9.17) is 4.74 Å². The van der Waals surface area contributed by atoms with E-state index in [1.54, 1.807) is 12.1 Å². The molecule has 0 saturated heterocycles. The van der Waals surface area contributed by atoms with Gasteiger partial charge in [-0.3, -0.25) is 4.79 Å². The van der Waals surface area contributed by atoms with Crippen molar-refractivity contribution in [3.05, 3.63) is 63.9 Å². The molecule has 4 heteroatoms. The van der Waals surface area contributed by atoms with Crippen LogP contribution < -0.4 is 4.74 Å². The molecular weight excluding hydrogens is 335 g/mol. The highest BCUT2D eigenvalue weighted by Crippen LogP contribution is 2.25. The average Bonchev–Trinajstić information content (AvgIpc) is 2.46. The molecule has 0 spiro atoms. The van der Waals surface area contributed by atoms with Gasteiger partial charge in [0, 0.05) is 5.56 Å². The van der Waals surface area contributed by atoms with Crippen LogP contribution in [0.4, 0.5) is 4.39 Å². The molecular formula is C17H16BrFO2. The van der Waals surface area contributed by atoms with Gasteiger partial charge in [-0.25, -0.2) is 4.39 Å². The van der Waals surface area contributed by atoms with Crippen LogP contribution in [0.25, 0.3) is 0 Å². The highest BCUT2D eigenvalue weighted by atomic mass is 79.9. The van der Waals surface area contributed by atoms with Gasteiger partial charge in [-0.05, 0) is 45.6 Å². The maximum atomic E-state index is 13.0. The Morgan fingerprint density at radius 3 is 2.43 bits per heavy atom. The molecule has 0 bridgehead atoms. The number of carbonyl (C=O) groups is 1. The van der Waals surface area contributed by atoms with E-state index in [0.717, 1.165) is 0 Å². The summed E-state index contributed by atoms with van der Waals surface area (Å²) in [5, 5.41) is 0. The number of carbonyl (C=O) groups excluding carboxylic acids is 1. The minimum atomic E-state index is -0.357. The van der Waals surface area contributed by atoms with Crippen LogP contribution >= 0.6 is 15.9 Å². The third kappa shape index (κ3) is 4.14. The van der Waals surface area contributed by atoms with Gasteiger partial charge in [-0.1, -0.05) is 38.1 Å². The van der Waals surface area contributed by atoms with Crippen molar-refractivity contribution in [2.45, 2.75) is 19.8 Å². The summed E-state index contributed by atoms with van der Waals surface area (Å²) in [5.74, 6) is 0.412. The summed E-state index contributed by atoms with van der Waals surface area (Å²) in [6, 6.07) is 11.6. The van der Waals surface area contributed by atoms with Crippen LogP contribution in [0.5, 0.6) is 5.75 Å². The van der Waals surface area contributed by atoms with Crippen molar-refractivity contribution in [1.29, 1.82) is 0 Å². The zero-order valence-corrected chi connectivity index (χ0v) is 13.5. The van der Waals surface area contributed by atoms with Gasteiger partial charge in [0.1, 0.15) is 11.6 Å². The monoisotopic (exact) mass is 350 g/mol. The summed E-state index contributed by atoms with van der Waals surface area (Å²) < 4.78 is 18.9. The lowest BCUT2D eigenvalue weighted by atomic mass is 10.0. The Balaban J connectivity index is 2.01. The second kappa shape index (κ2) is 6.85. The molecule has 2 rings (SSSR count). The second-order valence-electron chi connectivity index (χ2n) is 5.06. The predicted molar refractivity (Wildman–Crippen MR) is 84.5 cm³/mol. The number of rotatable bonds is 5. The van der Waals surface area contributed by atoms with Gasteiger partial charge in [0.05, 0.1) is 4.47 Å².